The van der Waals surface area contributed by atoms with Crippen LogP contribution in [0.15, 0.2) is 53.4 Å². The van der Waals surface area contributed by atoms with Crippen molar-refractivity contribution >= 4 is 46.4 Å². The number of benzene rings is 1. The van der Waals surface area contributed by atoms with Crippen molar-refractivity contribution in [1.82, 2.24) is 15.2 Å². The van der Waals surface area contributed by atoms with Crippen molar-refractivity contribution in [3.63, 3.8) is 0 Å². The zero-order valence-corrected chi connectivity index (χ0v) is 22.7. The summed E-state index contributed by atoms with van der Waals surface area (Å²) < 4.78 is 11.5. The van der Waals surface area contributed by atoms with Gasteiger partial charge in [0.2, 0.25) is 0 Å². The molecule has 1 amide bonds. The van der Waals surface area contributed by atoms with E-state index >= 15 is 0 Å². The quantitative estimate of drug-likeness (QED) is 0.240. The van der Waals surface area contributed by atoms with E-state index < -0.39 is 6.09 Å². The second-order valence-corrected chi connectivity index (χ2v) is 10.7. The molecule has 1 unspecified atom stereocenters. The van der Waals surface area contributed by atoms with Crippen LogP contribution < -0.4 is 15.5 Å². The molecule has 3 aromatic rings. The van der Waals surface area contributed by atoms with Gasteiger partial charge >= 0.3 is 6.09 Å². The molecule has 4 rings (SSSR count). The molecule has 2 N–H and O–H groups in total. The summed E-state index contributed by atoms with van der Waals surface area (Å²) in [7, 11) is 0. The molecule has 0 bridgehead atoms. The number of aryl methyl sites for hydroxylation is 1. The Balaban J connectivity index is 1.49. The molecular formula is C26H32N6O3S2. The van der Waals surface area contributed by atoms with Crippen LogP contribution in [0.2, 0.25) is 0 Å². The molecule has 37 heavy (non-hydrogen) atoms. The van der Waals surface area contributed by atoms with E-state index in [-0.39, 0.29) is 12.6 Å². The van der Waals surface area contributed by atoms with Crippen LogP contribution >= 0.6 is 23.1 Å². The number of morpholine rings is 1. The van der Waals surface area contributed by atoms with Gasteiger partial charge in [-0.1, -0.05) is 54.8 Å². The molecule has 1 saturated heterocycles. The fourth-order valence-electron chi connectivity index (χ4n) is 3.78. The second kappa shape index (κ2) is 13.4. The molecule has 1 atom stereocenters. The molecule has 0 saturated carbocycles. The summed E-state index contributed by atoms with van der Waals surface area (Å²) in [6.45, 7) is 11.0. The van der Waals surface area contributed by atoms with Gasteiger partial charge in [-0.25, -0.2) is 9.78 Å². The van der Waals surface area contributed by atoms with E-state index in [1.54, 1.807) is 23.1 Å². The lowest BCUT2D eigenvalue weighted by Gasteiger charge is -2.29. The Morgan fingerprint density at radius 2 is 2.14 bits per heavy atom. The van der Waals surface area contributed by atoms with Crippen LogP contribution in [0, 0.1) is 0 Å². The third-order valence-electron chi connectivity index (χ3n) is 5.66. The number of amides is 1. The molecule has 3 heterocycles. The van der Waals surface area contributed by atoms with E-state index in [2.05, 4.69) is 58.3 Å². The van der Waals surface area contributed by atoms with Crippen molar-refractivity contribution in [2.24, 2.45) is 0 Å². The average Bonchev–Trinajstić information content (AvgIpc) is 3.39. The van der Waals surface area contributed by atoms with Crippen molar-refractivity contribution in [2.75, 3.05) is 48.4 Å². The highest BCUT2D eigenvalue weighted by Crippen LogP contribution is 2.30. The van der Waals surface area contributed by atoms with Gasteiger partial charge in [-0.3, -0.25) is 5.32 Å². The van der Waals surface area contributed by atoms with Crippen molar-refractivity contribution in [1.29, 1.82) is 0 Å². The lowest BCUT2D eigenvalue weighted by molar-refractivity contribution is 0.122. The summed E-state index contributed by atoms with van der Waals surface area (Å²) in [5.41, 5.74) is 3.76. The minimum absolute atomic E-state index is 0.0471. The first-order chi connectivity index (χ1) is 18.0. The number of carbonyl (C=O) groups excluding carboxylic acids is 1. The largest absolute Gasteiger partial charge is 0.445 e. The summed E-state index contributed by atoms with van der Waals surface area (Å²) >= 11 is 3.29. The molecular weight excluding hydrogens is 508 g/mol. The Hall–Kier alpha value is -3.15. The Morgan fingerprint density at radius 3 is 2.89 bits per heavy atom. The topological polar surface area (TPSA) is 102 Å². The van der Waals surface area contributed by atoms with Gasteiger partial charge in [0.05, 0.1) is 24.9 Å². The average molecular weight is 541 g/mol. The highest BCUT2D eigenvalue weighted by atomic mass is 32.2. The fourth-order valence-corrected chi connectivity index (χ4v) is 5.51. The number of anilines is 3. The van der Waals surface area contributed by atoms with Crippen LogP contribution in [0.25, 0.3) is 0 Å². The molecule has 11 heteroatoms. The summed E-state index contributed by atoms with van der Waals surface area (Å²) in [5, 5.41) is 15.8. The number of nitrogens with one attached hydrogen (secondary N) is 2. The van der Waals surface area contributed by atoms with Gasteiger partial charge in [0.25, 0.3) is 0 Å². The minimum atomic E-state index is -0.513. The smallest absolute Gasteiger partial charge is 0.411 e. The maximum absolute atomic E-state index is 11.9. The Kier molecular flexibility index (Phi) is 9.75. The van der Waals surface area contributed by atoms with Crippen LogP contribution in [-0.2, 0) is 21.6 Å². The first-order valence-corrected chi connectivity index (χ1v) is 14.0. The maximum Gasteiger partial charge on any atom is 0.411 e. The standard InChI is InChI=1S/C26H32N6O3S2/c1-4-11-35-25(33)29-20-8-6-7-19(14-20)18(3)27-23-16-22(32-9-12-34-13-10-32)15-21(28-23)17-36-26-31-30-24(5-2)37-26/h4,6-8,14-16,18H,1,5,9-13,17H2,2-3H3,(H,27,28)(H,29,33). The van der Waals surface area contributed by atoms with Crippen molar-refractivity contribution in [3.05, 3.63) is 65.3 Å². The third-order valence-corrected chi connectivity index (χ3v) is 7.90. The van der Waals surface area contributed by atoms with Crippen LogP contribution in [-0.4, -0.2) is 54.2 Å². The monoisotopic (exact) mass is 540 g/mol. The summed E-state index contributed by atoms with van der Waals surface area (Å²) in [5.74, 6) is 1.49. The Bertz CT molecular complexity index is 1200. The number of nitrogens with zero attached hydrogens (tertiary/aromatic N) is 4. The van der Waals surface area contributed by atoms with Gasteiger partial charge in [0, 0.05) is 36.3 Å². The highest BCUT2D eigenvalue weighted by molar-refractivity contribution is 8.00. The predicted octanol–water partition coefficient (Wildman–Crippen LogP) is 5.53. The molecule has 1 aliphatic heterocycles. The number of ether oxygens (including phenoxy) is 2. The van der Waals surface area contributed by atoms with Gasteiger partial charge in [0.15, 0.2) is 4.34 Å². The summed E-state index contributed by atoms with van der Waals surface area (Å²) in [6.07, 6.45) is 1.91. The Labute approximate surface area is 225 Å². The van der Waals surface area contributed by atoms with E-state index in [4.69, 9.17) is 14.5 Å². The van der Waals surface area contributed by atoms with Gasteiger partial charge in [0.1, 0.15) is 17.4 Å². The van der Waals surface area contributed by atoms with Gasteiger partial charge in [-0.2, -0.15) is 0 Å². The van der Waals surface area contributed by atoms with Crippen molar-refractivity contribution in [2.45, 2.75) is 36.4 Å². The van der Waals surface area contributed by atoms with E-state index in [1.165, 1.54) is 6.08 Å². The Morgan fingerprint density at radius 1 is 1.30 bits per heavy atom. The van der Waals surface area contributed by atoms with E-state index in [1.807, 2.05) is 24.3 Å². The maximum atomic E-state index is 11.9. The van der Waals surface area contributed by atoms with Gasteiger partial charge in [-0.05, 0) is 37.1 Å². The molecule has 1 aromatic carbocycles. The van der Waals surface area contributed by atoms with Crippen molar-refractivity contribution in [3.8, 4) is 0 Å². The van der Waals surface area contributed by atoms with Crippen LogP contribution in [0.5, 0.6) is 0 Å². The normalized spacial score (nSPS) is 14.2. The fraction of sp³-hybridized carbons (Fsp3) is 0.385. The molecule has 0 spiro atoms. The number of hydrogen-bond acceptors (Lipinski definition) is 10. The summed E-state index contributed by atoms with van der Waals surface area (Å²) in [4.78, 5) is 19.2. The third kappa shape index (κ3) is 7.91. The number of aromatic nitrogens is 3. The van der Waals surface area contributed by atoms with Crippen LogP contribution in [0.4, 0.5) is 22.0 Å². The van der Waals surface area contributed by atoms with Crippen LogP contribution in [0.1, 0.15) is 36.2 Å². The van der Waals surface area contributed by atoms with E-state index in [0.29, 0.717) is 24.7 Å². The van der Waals surface area contributed by atoms with E-state index in [0.717, 1.165) is 51.6 Å². The summed E-state index contributed by atoms with van der Waals surface area (Å²) in [6, 6.07) is 11.9. The lowest BCUT2D eigenvalue weighted by atomic mass is 10.1. The SMILES string of the molecule is C=CCOC(=O)Nc1cccc(C(C)Nc2cc(N3CCOCC3)cc(CSc3nnc(CC)s3)n2)c1. The molecule has 1 fully saturated rings. The molecule has 1 aliphatic rings. The minimum Gasteiger partial charge on any atom is -0.445 e. The van der Waals surface area contributed by atoms with Gasteiger partial charge in [-0.15, -0.1) is 10.2 Å². The number of rotatable bonds is 11. The predicted molar refractivity (Wildman–Crippen MR) is 150 cm³/mol. The number of carbonyl (C=O) groups is 1. The first-order valence-electron chi connectivity index (χ1n) is 12.2. The van der Waals surface area contributed by atoms with Crippen LogP contribution in [0.3, 0.4) is 0 Å². The molecule has 0 aliphatic carbocycles. The number of hydrogen-bond donors (Lipinski definition) is 2. The zero-order chi connectivity index (χ0) is 26.0. The second-order valence-electron chi connectivity index (χ2n) is 8.41. The zero-order valence-electron chi connectivity index (χ0n) is 21.1. The molecule has 196 valence electrons. The number of pyridine rings is 1. The highest BCUT2D eigenvalue weighted by Gasteiger charge is 2.16. The lowest BCUT2D eigenvalue weighted by Crippen LogP contribution is -2.36. The number of thioether (sulfide) groups is 1. The van der Waals surface area contributed by atoms with E-state index in [9.17, 15) is 4.79 Å². The molecule has 0 radical (unpaired) electrons. The first kappa shape index (κ1) is 26.9. The van der Waals surface area contributed by atoms with Gasteiger partial charge < -0.3 is 19.7 Å². The van der Waals surface area contributed by atoms with Crippen molar-refractivity contribution < 1.29 is 14.3 Å². The molecule has 2 aromatic heterocycles. The molecule has 9 nitrogen and oxygen atoms in total.